The smallest absolute Gasteiger partial charge is 0.289 e. The maximum Gasteiger partial charge on any atom is 0.289 e. The van der Waals surface area contributed by atoms with Gasteiger partial charge in [0, 0.05) is 24.8 Å². The molecule has 1 atom stereocenters. The molecule has 19 heavy (non-hydrogen) atoms. The van der Waals surface area contributed by atoms with Crippen LogP contribution in [0.25, 0.3) is 0 Å². The van der Waals surface area contributed by atoms with E-state index in [1.807, 2.05) is 13.0 Å². The molecule has 0 aliphatic heterocycles. The predicted octanol–water partition coefficient (Wildman–Crippen LogP) is 3.34. The van der Waals surface area contributed by atoms with Crippen LogP contribution in [0.1, 0.15) is 32.8 Å². The number of nitriles is 1. The lowest BCUT2D eigenvalue weighted by atomic mass is 10.1. The standard InChI is InChI=1S/C14H19N3O2/c1-4-11(3)10-16(5-2)13-7-6-12(9-15)14(8-13)17(18)19/h6-8,11H,4-5,10H2,1-3H3. The van der Waals surface area contributed by atoms with Crippen molar-refractivity contribution in [2.24, 2.45) is 5.92 Å². The van der Waals surface area contributed by atoms with Crippen molar-refractivity contribution in [2.75, 3.05) is 18.0 Å². The van der Waals surface area contributed by atoms with Crippen molar-refractivity contribution in [3.05, 3.63) is 33.9 Å². The Hall–Kier alpha value is -2.09. The molecule has 0 bridgehead atoms. The molecular weight excluding hydrogens is 242 g/mol. The molecule has 0 fully saturated rings. The van der Waals surface area contributed by atoms with Gasteiger partial charge in [-0.25, -0.2) is 0 Å². The summed E-state index contributed by atoms with van der Waals surface area (Å²) in [7, 11) is 0. The van der Waals surface area contributed by atoms with Gasteiger partial charge in [0.05, 0.1) is 4.92 Å². The molecule has 0 amide bonds. The molecule has 0 spiro atoms. The summed E-state index contributed by atoms with van der Waals surface area (Å²) in [6.45, 7) is 7.94. The van der Waals surface area contributed by atoms with Crippen molar-refractivity contribution in [2.45, 2.75) is 27.2 Å². The minimum atomic E-state index is -0.501. The maximum atomic E-state index is 11.0. The highest BCUT2D eigenvalue weighted by atomic mass is 16.6. The summed E-state index contributed by atoms with van der Waals surface area (Å²) < 4.78 is 0. The van der Waals surface area contributed by atoms with Crippen molar-refractivity contribution >= 4 is 11.4 Å². The number of rotatable bonds is 6. The first-order chi connectivity index (χ1) is 9.03. The van der Waals surface area contributed by atoms with E-state index in [-0.39, 0.29) is 11.3 Å². The van der Waals surface area contributed by atoms with Crippen LogP contribution in [0.5, 0.6) is 0 Å². The van der Waals surface area contributed by atoms with Gasteiger partial charge in [0.2, 0.25) is 0 Å². The first-order valence-corrected chi connectivity index (χ1v) is 6.46. The number of nitro groups is 1. The second-order valence-electron chi connectivity index (χ2n) is 4.62. The van der Waals surface area contributed by atoms with Gasteiger partial charge in [-0.3, -0.25) is 10.1 Å². The molecule has 1 unspecified atom stereocenters. The van der Waals surface area contributed by atoms with E-state index in [0.717, 1.165) is 25.2 Å². The molecule has 1 aromatic rings. The van der Waals surface area contributed by atoms with Crippen molar-refractivity contribution in [3.8, 4) is 6.07 Å². The van der Waals surface area contributed by atoms with E-state index in [0.29, 0.717) is 5.92 Å². The molecule has 0 N–H and O–H groups in total. The van der Waals surface area contributed by atoms with Crippen LogP contribution in [0.3, 0.4) is 0 Å². The minimum absolute atomic E-state index is 0.105. The lowest BCUT2D eigenvalue weighted by Gasteiger charge is -2.26. The minimum Gasteiger partial charge on any atom is -0.371 e. The topological polar surface area (TPSA) is 70.2 Å². The van der Waals surface area contributed by atoms with Crippen LogP contribution in [-0.2, 0) is 0 Å². The Balaban J connectivity index is 3.09. The van der Waals surface area contributed by atoms with E-state index in [9.17, 15) is 10.1 Å². The van der Waals surface area contributed by atoms with Crippen LogP contribution in [0, 0.1) is 27.4 Å². The summed E-state index contributed by atoms with van der Waals surface area (Å²) in [5.41, 5.74) is 0.782. The third-order valence-corrected chi connectivity index (χ3v) is 3.27. The number of nitrogens with zero attached hydrogens (tertiary/aromatic N) is 3. The molecule has 0 aliphatic carbocycles. The van der Waals surface area contributed by atoms with E-state index in [1.54, 1.807) is 6.07 Å². The molecular formula is C14H19N3O2. The highest BCUT2D eigenvalue weighted by Crippen LogP contribution is 2.26. The summed E-state index contributed by atoms with van der Waals surface area (Å²) >= 11 is 0. The van der Waals surface area contributed by atoms with Crippen LogP contribution in [0.4, 0.5) is 11.4 Å². The fourth-order valence-corrected chi connectivity index (χ4v) is 1.88. The van der Waals surface area contributed by atoms with Crippen LogP contribution in [0.15, 0.2) is 18.2 Å². The summed E-state index contributed by atoms with van der Waals surface area (Å²) in [5.74, 6) is 0.523. The molecule has 0 saturated heterocycles. The largest absolute Gasteiger partial charge is 0.371 e. The number of hydrogen-bond acceptors (Lipinski definition) is 4. The lowest BCUT2D eigenvalue weighted by Crippen LogP contribution is -2.28. The highest BCUT2D eigenvalue weighted by molar-refractivity contribution is 5.60. The highest BCUT2D eigenvalue weighted by Gasteiger charge is 2.17. The Morgan fingerprint density at radius 1 is 1.47 bits per heavy atom. The van der Waals surface area contributed by atoms with Crippen LogP contribution >= 0.6 is 0 Å². The average molecular weight is 261 g/mol. The van der Waals surface area contributed by atoms with Crippen molar-refractivity contribution < 1.29 is 4.92 Å². The molecule has 0 saturated carbocycles. The Morgan fingerprint density at radius 3 is 2.63 bits per heavy atom. The van der Waals surface area contributed by atoms with Crippen LogP contribution in [0.2, 0.25) is 0 Å². The lowest BCUT2D eigenvalue weighted by molar-refractivity contribution is -0.385. The van der Waals surface area contributed by atoms with Gasteiger partial charge < -0.3 is 4.90 Å². The van der Waals surface area contributed by atoms with E-state index < -0.39 is 4.92 Å². The average Bonchev–Trinajstić information content (AvgIpc) is 2.43. The van der Waals surface area contributed by atoms with E-state index in [1.165, 1.54) is 12.1 Å². The first-order valence-electron chi connectivity index (χ1n) is 6.46. The third-order valence-electron chi connectivity index (χ3n) is 3.27. The molecule has 5 heteroatoms. The van der Waals surface area contributed by atoms with Crippen molar-refractivity contribution in [3.63, 3.8) is 0 Å². The zero-order valence-electron chi connectivity index (χ0n) is 11.6. The first kappa shape index (κ1) is 15.0. The number of anilines is 1. The van der Waals surface area contributed by atoms with Gasteiger partial charge in [0.25, 0.3) is 5.69 Å². The quantitative estimate of drug-likeness (QED) is 0.581. The molecule has 102 valence electrons. The molecule has 1 rings (SSSR count). The van der Waals surface area contributed by atoms with Gasteiger partial charge >= 0.3 is 0 Å². The Kier molecular flexibility index (Phi) is 5.31. The Morgan fingerprint density at radius 2 is 2.16 bits per heavy atom. The molecule has 0 heterocycles. The fraction of sp³-hybridized carbons (Fsp3) is 0.500. The van der Waals surface area contributed by atoms with Gasteiger partial charge in [-0.05, 0) is 25.0 Å². The molecule has 0 aromatic heterocycles. The van der Waals surface area contributed by atoms with Crippen molar-refractivity contribution in [1.29, 1.82) is 5.26 Å². The zero-order valence-corrected chi connectivity index (χ0v) is 11.6. The van der Waals surface area contributed by atoms with Crippen LogP contribution in [-0.4, -0.2) is 18.0 Å². The van der Waals surface area contributed by atoms with Crippen molar-refractivity contribution in [1.82, 2.24) is 0 Å². The molecule has 0 radical (unpaired) electrons. The summed E-state index contributed by atoms with van der Waals surface area (Å²) in [5, 5.41) is 19.8. The van der Waals surface area contributed by atoms with Crippen LogP contribution < -0.4 is 4.90 Å². The summed E-state index contributed by atoms with van der Waals surface area (Å²) in [6.07, 6.45) is 1.06. The molecule has 5 nitrogen and oxygen atoms in total. The number of benzene rings is 1. The number of hydrogen-bond donors (Lipinski definition) is 0. The molecule has 1 aromatic carbocycles. The summed E-state index contributed by atoms with van der Waals surface area (Å²) in [6, 6.07) is 6.64. The second kappa shape index (κ2) is 6.74. The molecule has 0 aliphatic rings. The zero-order chi connectivity index (χ0) is 14.4. The Labute approximate surface area is 113 Å². The van der Waals surface area contributed by atoms with E-state index in [2.05, 4.69) is 18.7 Å². The predicted molar refractivity (Wildman–Crippen MR) is 75.2 cm³/mol. The maximum absolute atomic E-state index is 11.0. The van der Waals surface area contributed by atoms with Gasteiger partial charge in [0.1, 0.15) is 11.6 Å². The Bertz CT molecular complexity index is 494. The monoisotopic (exact) mass is 261 g/mol. The number of nitro benzene ring substituents is 1. The van der Waals surface area contributed by atoms with Gasteiger partial charge in [-0.2, -0.15) is 5.26 Å². The van der Waals surface area contributed by atoms with Gasteiger partial charge in [0.15, 0.2) is 0 Å². The SMILES string of the molecule is CCC(C)CN(CC)c1ccc(C#N)c([N+](=O)[O-])c1. The van der Waals surface area contributed by atoms with Gasteiger partial charge in [-0.15, -0.1) is 0 Å². The second-order valence-corrected chi connectivity index (χ2v) is 4.62. The van der Waals surface area contributed by atoms with Gasteiger partial charge in [-0.1, -0.05) is 20.3 Å². The summed E-state index contributed by atoms with van der Waals surface area (Å²) in [4.78, 5) is 12.6. The normalized spacial score (nSPS) is 11.7. The fourth-order valence-electron chi connectivity index (χ4n) is 1.88. The van der Waals surface area contributed by atoms with E-state index in [4.69, 9.17) is 5.26 Å². The third kappa shape index (κ3) is 3.68. The van der Waals surface area contributed by atoms with E-state index >= 15 is 0 Å².